The Hall–Kier alpha value is -3.19. The van der Waals surface area contributed by atoms with Crippen LogP contribution in [0.3, 0.4) is 0 Å². The zero-order chi connectivity index (χ0) is 22.5. The Bertz CT molecular complexity index is 1090. The maximum Gasteiger partial charge on any atom is 0.254 e. The van der Waals surface area contributed by atoms with E-state index in [4.69, 9.17) is 16.1 Å². The zero-order valence-corrected chi connectivity index (χ0v) is 18.7. The van der Waals surface area contributed by atoms with Crippen molar-refractivity contribution in [1.82, 2.24) is 19.9 Å². The summed E-state index contributed by atoms with van der Waals surface area (Å²) in [5, 5.41) is 4.68. The third-order valence-electron chi connectivity index (χ3n) is 5.65. The first-order valence-corrected chi connectivity index (χ1v) is 11.2. The molecule has 1 saturated heterocycles. The molecule has 3 aromatic rings. The summed E-state index contributed by atoms with van der Waals surface area (Å²) >= 11 is 6.08. The summed E-state index contributed by atoms with van der Waals surface area (Å²) in [5.41, 5.74) is 1.33. The highest BCUT2D eigenvalue weighted by molar-refractivity contribution is 6.30. The minimum absolute atomic E-state index is 0.00994. The number of likely N-dealkylation sites (N-methyl/N-ethyl adjacent to an activating group) is 1. The summed E-state index contributed by atoms with van der Waals surface area (Å²) in [5.74, 6) is 0.569. The van der Waals surface area contributed by atoms with E-state index in [1.165, 1.54) is 0 Å². The Morgan fingerprint density at radius 2 is 1.97 bits per heavy atom. The maximum atomic E-state index is 13.2. The Morgan fingerprint density at radius 1 is 1.16 bits per heavy atom. The van der Waals surface area contributed by atoms with Gasteiger partial charge in [-0.1, -0.05) is 47.1 Å². The van der Waals surface area contributed by atoms with Crippen molar-refractivity contribution in [2.24, 2.45) is 0 Å². The van der Waals surface area contributed by atoms with Gasteiger partial charge in [0.05, 0.1) is 0 Å². The Kier molecular flexibility index (Phi) is 6.85. The van der Waals surface area contributed by atoms with Crippen LogP contribution in [0.5, 0.6) is 0 Å². The Labute approximate surface area is 192 Å². The average molecular weight is 453 g/mol. The number of carbonyl (C=O) groups excluding carboxylic acids is 2. The number of likely N-dealkylation sites (tertiary alicyclic amines) is 1. The number of hydrogen-bond acceptors (Lipinski definition) is 5. The van der Waals surface area contributed by atoms with Crippen molar-refractivity contribution >= 4 is 23.4 Å². The highest BCUT2D eigenvalue weighted by Crippen LogP contribution is 2.31. The van der Waals surface area contributed by atoms with E-state index in [-0.39, 0.29) is 24.4 Å². The molecule has 1 atom stereocenters. The number of nitrogens with zero attached hydrogens (tertiary/aromatic N) is 4. The number of halogens is 1. The predicted octanol–water partition coefficient (Wildman–Crippen LogP) is 4.61. The first-order valence-electron chi connectivity index (χ1n) is 10.8. The van der Waals surface area contributed by atoms with E-state index >= 15 is 0 Å². The molecule has 0 spiro atoms. The lowest BCUT2D eigenvalue weighted by Crippen LogP contribution is -2.46. The van der Waals surface area contributed by atoms with Crippen LogP contribution < -0.4 is 0 Å². The molecule has 0 aliphatic carbocycles. The molecule has 8 heteroatoms. The minimum Gasteiger partial charge on any atom is -0.337 e. The Balaban J connectivity index is 1.51. The summed E-state index contributed by atoms with van der Waals surface area (Å²) in [4.78, 5) is 33.9. The van der Waals surface area contributed by atoms with Crippen molar-refractivity contribution < 1.29 is 14.1 Å². The second-order valence-electron chi connectivity index (χ2n) is 7.75. The van der Waals surface area contributed by atoms with Gasteiger partial charge in [0, 0.05) is 29.2 Å². The largest absolute Gasteiger partial charge is 0.337 e. The smallest absolute Gasteiger partial charge is 0.254 e. The molecule has 1 aromatic heterocycles. The van der Waals surface area contributed by atoms with Gasteiger partial charge in [-0.05, 0) is 50.5 Å². The second-order valence-corrected chi connectivity index (χ2v) is 8.19. The predicted molar refractivity (Wildman–Crippen MR) is 121 cm³/mol. The standard InChI is InChI=1S/C24H25ClN4O3/c1-2-28(24(31)17-9-4-3-5-10-17)16-21(30)29-14-7-6-13-20(29)23-26-22(27-32-23)18-11-8-12-19(25)15-18/h3-5,8-12,15,20H,2,6-7,13-14,16H2,1H3. The van der Waals surface area contributed by atoms with Gasteiger partial charge in [0.25, 0.3) is 5.91 Å². The number of amides is 2. The number of benzene rings is 2. The van der Waals surface area contributed by atoms with Crippen LogP contribution in [0, 0.1) is 0 Å². The number of aromatic nitrogens is 2. The quantitative estimate of drug-likeness (QED) is 0.545. The topological polar surface area (TPSA) is 79.5 Å². The Morgan fingerprint density at radius 3 is 2.72 bits per heavy atom. The van der Waals surface area contributed by atoms with Crippen LogP contribution in [0.25, 0.3) is 11.4 Å². The van der Waals surface area contributed by atoms with E-state index < -0.39 is 0 Å². The molecule has 2 amide bonds. The lowest BCUT2D eigenvalue weighted by atomic mass is 10.0. The molecule has 1 unspecified atom stereocenters. The fourth-order valence-electron chi connectivity index (χ4n) is 3.95. The summed E-state index contributed by atoms with van der Waals surface area (Å²) in [6, 6.07) is 15.9. The third-order valence-corrected chi connectivity index (χ3v) is 5.88. The van der Waals surface area contributed by atoms with Gasteiger partial charge in [0.1, 0.15) is 12.6 Å². The normalized spacial score (nSPS) is 16.1. The van der Waals surface area contributed by atoms with Gasteiger partial charge in [0.15, 0.2) is 0 Å². The monoisotopic (exact) mass is 452 g/mol. The van der Waals surface area contributed by atoms with Crippen molar-refractivity contribution in [2.45, 2.75) is 32.2 Å². The molecule has 4 rings (SSSR count). The highest BCUT2D eigenvalue weighted by Gasteiger charge is 2.33. The van der Waals surface area contributed by atoms with Crippen LogP contribution in [-0.4, -0.2) is 51.4 Å². The minimum atomic E-state index is -0.304. The third kappa shape index (κ3) is 4.83. The lowest BCUT2D eigenvalue weighted by molar-refractivity contribution is -0.136. The molecule has 1 aliphatic rings. The summed E-state index contributed by atoms with van der Waals surface area (Å²) in [6.07, 6.45) is 2.60. The van der Waals surface area contributed by atoms with Crippen molar-refractivity contribution in [1.29, 1.82) is 0 Å². The van der Waals surface area contributed by atoms with Gasteiger partial charge < -0.3 is 14.3 Å². The molecule has 1 fully saturated rings. The summed E-state index contributed by atoms with van der Waals surface area (Å²) in [6.45, 7) is 2.92. The molecule has 32 heavy (non-hydrogen) atoms. The average Bonchev–Trinajstić information content (AvgIpc) is 3.33. The first kappa shape index (κ1) is 22.0. The van der Waals surface area contributed by atoms with Crippen molar-refractivity contribution in [3.05, 3.63) is 71.1 Å². The van der Waals surface area contributed by atoms with Crippen LogP contribution >= 0.6 is 11.6 Å². The number of carbonyl (C=O) groups is 2. The molecule has 7 nitrogen and oxygen atoms in total. The molecular formula is C24H25ClN4O3. The number of hydrogen-bond donors (Lipinski definition) is 0. The molecule has 0 saturated carbocycles. The van der Waals surface area contributed by atoms with Crippen LogP contribution in [-0.2, 0) is 4.79 Å². The van der Waals surface area contributed by atoms with Crippen molar-refractivity contribution in [3.63, 3.8) is 0 Å². The molecule has 0 bridgehead atoms. The first-order chi connectivity index (χ1) is 15.6. The second kappa shape index (κ2) is 9.96. The van der Waals surface area contributed by atoms with E-state index in [9.17, 15) is 9.59 Å². The van der Waals surface area contributed by atoms with Crippen LogP contribution in [0.15, 0.2) is 59.1 Å². The molecule has 166 valence electrons. The fourth-order valence-corrected chi connectivity index (χ4v) is 4.14. The SMILES string of the molecule is CCN(CC(=O)N1CCCCC1c1nc(-c2cccc(Cl)c2)no1)C(=O)c1ccccc1. The van der Waals surface area contributed by atoms with Crippen LogP contribution in [0.1, 0.15) is 48.5 Å². The molecule has 2 heterocycles. The van der Waals surface area contributed by atoms with Gasteiger partial charge in [-0.15, -0.1) is 0 Å². The van der Waals surface area contributed by atoms with Crippen LogP contribution in [0.4, 0.5) is 0 Å². The summed E-state index contributed by atoms with van der Waals surface area (Å²) in [7, 11) is 0. The number of rotatable bonds is 6. The van der Waals surface area contributed by atoms with Crippen molar-refractivity contribution in [2.75, 3.05) is 19.6 Å². The van der Waals surface area contributed by atoms with Gasteiger partial charge in [-0.25, -0.2) is 0 Å². The van der Waals surface area contributed by atoms with Crippen LogP contribution in [0.2, 0.25) is 5.02 Å². The lowest BCUT2D eigenvalue weighted by Gasteiger charge is -2.35. The summed E-state index contributed by atoms with van der Waals surface area (Å²) < 4.78 is 5.55. The van der Waals surface area contributed by atoms with Gasteiger partial charge in [-0.3, -0.25) is 9.59 Å². The zero-order valence-electron chi connectivity index (χ0n) is 17.9. The molecule has 2 aromatic carbocycles. The molecule has 0 N–H and O–H groups in total. The van der Waals surface area contributed by atoms with Gasteiger partial charge in [0.2, 0.25) is 17.6 Å². The van der Waals surface area contributed by atoms with E-state index in [0.717, 1.165) is 24.8 Å². The molecular weight excluding hydrogens is 428 g/mol. The van der Waals surface area contributed by atoms with E-state index in [1.807, 2.05) is 37.3 Å². The van der Waals surface area contributed by atoms with Gasteiger partial charge in [-0.2, -0.15) is 4.98 Å². The van der Waals surface area contributed by atoms with Crippen molar-refractivity contribution in [3.8, 4) is 11.4 Å². The molecule has 1 aliphatic heterocycles. The van der Waals surface area contributed by atoms with E-state index in [1.54, 1.807) is 34.1 Å². The maximum absolute atomic E-state index is 13.2. The van der Waals surface area contributed by atoms with E-state index in [2.05, 4.69) is 10.1 Å². The van der Waals surface area contributed by atoms with E-state index in [0.29, 0.717) is 35.4 Å². The van der Waals surface area contributed by atoms with Gasteiger partial charge >= 0.3 is 0 Å². The highest BCUT2D eigenvalue weighted by atomic mass is 35.5. The number of piperidine rings is 1. The molecule has 0 radical (unpaired) electrons. The fraction of sp³-hybridized carbons (Fsp3) is 0.333.